The van der Waals surface area contributed by atoms with Gasteiger partial charge in [0.2, 0.25) is 0 Å². The van der Waals surface area contributed by atoms with E-state index in [1.807, 2.05) is 0 Å². The highest BCUT2D eigenvalue weighted by molar-refractivity contribution is 6.08. The van der Waals surface area contributed by atoms with Gasteiger partial charge in [-0.25, -0.2) is 18.3 Å². The Morgan fingerprint density at radius 2 is 2.07 bits per heavy atom. The maximum Gasteiger partial charge on any atom is 0.437 e. The van der Waals surface area contributed by atoms with Gasteiger partial charge in [0.1, 0.15) is 11.4 Å². The Bertz CT molecular complexity index is 1100. The quantitative estimate of drug-likeness (QED) is 0.648. The normalized spacial score (nSPS) is 16.8. The highest BCUT2D eigenvalue weighted by Gasteiger charge is 2.38. The smallest absolute Gasteiger partial charge is 0.350 e. The lowest BCUT2D eigenvalue weighted by atomic mass is 10.1. The first-order valence-electron chi connectivity index (χ1n) is 8.93. The molecule has 0 radical (unpaired) electrons. The number of piperidine rings is 1. The number of fused-ring (bicyclic) bond motifs is 1. The summed E-state index contributed by atoms with van der Waals surface area (Å²) in [5.74, 6) is -3.49. The molecule has 13 heteroatoms. The highest BCUT2D eigenvalue weighted by Crippen LogP contribution is 2.34. The van der Waals surface area contributed by atoms with Crippen LogP contribution in [0, 0.1) is 0 Å². The lowest BCUT2D eigenvalue weighted by Gasteiger charge is -2.33. The van der Waals surface area contributed by atoms with Crippen LogP contribution < -0.4 is 10.2 Å². The van der Waals surface area contributed by atoms with E-state index < -0.39 is 35.9 Å². The number of alkyl halides is 5. The largest absolute Gasteiger partial charge is 0.437 e. The van der Waals surface area contributed by atoms with Gasteiger partial charge in [-0.05, 0) is 12.5 Å². The number of hydrogen-bond donors (Lipinski definition) is 1. The molecule has 4 rings (SSSR count). The third-order valence-corrected chi connectivity index (χ3v) is 4.66. The van der Waals surface area contributed by atoms with E-state index in [2.05, 4.69) is 20.5 Å². The standard InChI is InChI=1S/C17H16F5N7O/c1-27-8-11(13(26-27)17(20,21)22)24-15(30)10-7-23-29-6-3-12(25-14(10)29)28-5-2-4-16(18,19)9-28/h3,6-8H,2,4-5,9H2,1H3,(H,24,30). The second-order valence-corrected chi connectivity index (χ2v) is 7.01. The first-order chi connectivity index (χ1) is 14.0. The Morgan fingerprint density at radius 3 is 2.77 bits per heavy atom. The molecule has 1 aliphatic heterocycles. The van der Waals surface area contributed by atoms with Crippen LogP contribution in [0.5, 0.6) is 0 Å². The minimum atomic E-state index is -4.75. The van der Waals surface area contributed by atoms with Gasteiger partial charge >= 0.3 is 6.18 Å². The molecule has 4 heterocycles. The van der Waals surface area contributed by atoms with Gasteiger partial charge in [0, 0.05) is 32.4 Å². The fourth-order valence-corrected chi connectivity index (χ4v) is 3.34. The Hall–Kier alpha value is -3.25. The predicted octanol–water partition coefficient (Wildman–Crippen LogP) is 2.97. The lowest BCUT2D eigenvalue weighted by molar-refractivity contribution is -0.140. The van der Waals surface area contributed by atoms with Crippen molar-refractivity contribution in [2.75, 3.05) is 23.3 Å². The predicted molar refractivity (Wildman–Crippen MR) is 95.5 cm³/mol. The fourth-order valence-electron chi connectivity index (χ4n) is 3.34. The minimum Gasteiger partial charge on any atom is -0.350 e. The van der Waals surface area contributed by atoms with Crippen molar-refractivity contribution >= 4 is 23.1 Å². The zero-order valence-corrected chi connectivity index (χ0v) is 15.6. The first kappa shape index (κ1) is 20.0. The number of anilines is 2. The second-order valence-electron chi connectivity index (χ2n) is 7.01. The number of nitrogens with zero attached hydrogens (tertiary/aromatic N) is 6. The van der Waals surface area contributed by atoms with E-state index in [1.54, 1.807) is 0 Å². The molecule has 0 aromatic carbocycles. The number of nitrogens with one attached hydrogen (secondary N) is 1. The van der Waals surface area contributed by atoms with Gasteiger partial charge in [-0.15, -0.1) is 0 Å². The van der Waals surface area contributed by atoms with Crippen LogP contribution in [0.15, 0.2) is 24.7 Å². The zero-order valence-electron chi connectivity index (χ0n) is 15.6. The summed E-state index contributed by atoms with van der Waals surface area (Å²) < 4.78 is 69.0. The van der Waals surface area contributed by atoms with Crippen molar-refractivity contribution < 1.29 is 26.7 Å². The monoisotopic (exact) mass is 429 g/mol. The summed E-state index contributed by atoms with van der Waals surface area (Å²) in [5.41, 5.74) is -1.81. The molecule has 1 saturated heterocycles. The van der Waals surface area contributed by atoms with E-state index in [4.69, 9.17) is 0 Å². The van der Waals surface area contributed by atoms with Crippen molar-refractivity contribution in [3.8, 4) is 0 Å². The molecule has 1 fully saturated rings. The molecular formula is C17H16F5N7O. The van der Waals surface area contributed by atoms with E-state index in [-0.39, 0.29) is 29.9 Å². The van der Waals surface area contributed by atoms with Crippen molar-refractivity contribution in [3.05, 3.63) is 35.9 Å². The van der Waals surface area contributed by atoms with E-state index in [1.165, 1.54) is 28.7 Å². The SMILES string of the molecule is Cn1cc(NC(=O)c2cnn3ccc(N4CCCC(F)(F)C4)nc23)c(C(F)(F)F)n1. The molecule has 0 saturated carbocycles. The number of carbonyl (C=O) groups excluding carboxylic acids is 1. The van der Waals surface area contributed by atoms with Crippen molar-refractivity contribution in [2.24, 2.45) is 7.05 Å². The summed E-state index contributed by atoms with van der Waals surface area (Å²) in [6, 6.07) is 1.49. The number of rotatable bonds is 3. The Balaban J connectivity index is 1.64. The molecule has 1 amide bonds. The van der Waals surface area contributed by atoms with Gasteiger partial charge in [0.05, 0.1) is 18.4 Å². The molecule has 160 valence electrons. The van der Waals surface area contributed by atoms with Crippen molar-refractivity contribution in [1.82, 2.24) is 24.4 Å². The third-order valence-electron chi connectivity index (χ3n) is 4.66. The highest BCUT2D eigenvalue weighted by atomic mass is 19.4. The van der Waals surface area contributed by atoms with Crippen LogP contribution in [-0.2, 0) is 13.2 Å². The first-order valence-corrected chi connectivity index (χ1v) is 8.93. The zero-order chi connectivity index (χ0) is 21.7. The average Bonchev–Trinajstić information content (AvgIpc) is 3.23. The van der Waals surface area contributed by atoms with Crippen LogP contribution in [0.4, 0.5) is 33.5 Å². The molecule has 8 nitrogen and oxygen atoms in total. The molecular weight excluding hydrogens is 413 g/mol. The van der Waals surface area contributed by atoms with Gasteiger partial charge < -0.3 is 10.2 Å². The summed E-state index contributed by atoms with van der Waals surface area (Å²) >= 11 is 0. The fraction of sp³-hybridized carbons (Fsp3) is 0.412. The molecule has 1 aliphatic rings. The number of aromatic nitrogens is 5. The molecule has 30 heavy (non-hydrogen) atoms. The molecule has 1 N–H and O–H groups in total. The lowest BCUT2D eigenvalue weighted by Crippen LogP contribution is -2.43. The van der Waals surface area contributed by atoms with Gasteiger partial charge in [0.15, 0.2) is 11.3 Å². The molecule has 0 aliphatic carbocycles. The summed E-state index contributed by atoms with van der Waals surface area (Å²) in [6.45, 7) is -0.129. The van der Waals surface area contributed by atoms with Crippen LogP contribution >= 0.6 is 0 Å². The molecule has 3 aromatic heterocycles. The molecule has 0 unspecified atom stereocenters. The van der Waals surface area contributed by atoms with Crippen LogP contribution in [0.1, 0.15) is 28.9 Å². The number of hydrogen-bond acceptors (Lipinski definition) is 5. The van der Waals surface area contributed by atoms with Crippen molar-refractivity contribution in [2.45, 2.75) is 24.9 Å². The maximum absolute atomic E-state index is 13.7. The third kappa shape index (κ3) is 3.78. The number of amides is 1. The number of halogens is 5. The molecule has 0 atom stereocenters. The van der Waals surface area contributed by atoms with E-state index in [9.17, 15) is 26.7 Å². The van der Waals surface area contributed by atoms with Crippen LogP contribution in [0.25, 0.3) is 5.65 Å². The summed E-state index contributed by atoms with van der Waals surface area (Å²) in [6.07, 6.45) is -1.05. The second kappa shape index (κ2) is 6.92. The van der Waals surface area contributed by atoms with Gasteiger partial charge in [-0.1, -0.05) is 0 Å². The molecule has 0 bridgehead atoms. The number of carbonyl (C=O) groups is 1. The summed E-state index contributed by atoms with van der Waals surface area (Å²) in [7, 11) is 1.29. The Labute approximate surface area is 166 Å². The van der Waals surface area contributed by atoms with Crippen LogP contribution in [-0.4, -0.2) is 49.3 Å². The van der Waals surface area contributed by atoms with Gasteiger partial charge in [-0.2, -0.15) is 23.4 Å². The van der Waals surface area contributed by atoms with E-state index in [0.29, 0.717) is 6.54 Å². The molecule has 0 spiro atoms. The van der Waals surface area contributed by atoms with Crippen molar-refractivity contribution in [3.63, 3.8) is 0 Å². The van der Waals surface area contributed by atoms with Gasteiger partial charge in [0.25, 0.3) is 11.8 Å². The summed E-state index contributed by atoms with van der Waals surface area (Å²) in [4.78, 5) is 18.3. The minimum absolute atomic E-state index is 0.0383. The number of aryl methyl sites for hydroxylation is 1. The Morgan fingerprint density at radius 1 is 1.30 bits per heavy atom. The topological polar surface area (TPSA) is 80.4 Å². The van der Waals surface area contributed by atoms with Crippen molar-refractivity contribution in [1.29, 1.82) is 0 Å². The van der Waals surface area contributed by atoms with Crippen LogP contribution in [0.3, 0.4) is 0 Å². The van der Waals surface area contributed by atoms with Gasteiger partial charge in [-0.3, -0.25) is 9.48 Å². The maximum atomic E-state index is 13.7. The van der Waals surface area contributed by atoms with E-state index >= 15 is 0 Å². The average molecular weight is 429 g/mol. The Kier molecular flexibility index (Phi) is 4.62. The van der Waals surface area contributed by atoms with E-state index in [0.717, 1.165) is 17.1 Å². The summed E-state index contributed by atoms with van der Waals surface area (Å²) in [5, 5.41) is 9.46. The molecule has 3 aromatic rings. The van der Waals surface area contributed by atoms with Crippen LogP contribution in [0.2, 0.25) is 0 Å².